The van der Waals surface area contributed by atoms with Gasteiger partial charge in [-0.25, -0.2) is 0 Å². The Bertz CT molecular complexity index is 498. The Morgan fingerprint density at radius 3 is 2.89 bits per heavy atom. The van der Waals surface area contributed by atoms with E-state index >= 15 is 0 Å². The van der Waals surface area contributed by atoms with Gasteiger partial charge in [0.1, 0.15) is 0 Å². The molecule has 2 aliphatic rings. The number of anilines is 2. The fraction of sp³-hybridized carbons (Fsp3) is 0.562. The van der Waals surface area contributed by atoms with Crippen LogP contribution >= 0.6 is 0 Å². The standard InChI is InChI=1S/C16H22N2O/c1-11-5-2-6-12(11)16(19)18-10-4-7-13-14(17)8-3-9-15(13)18/h3,8-9,11-12H,2,4-7,10,17H2,1H3. The molecule has 3 heteroatoms. The van der Waals surface area contributed by atoms with E-state index in [-0.39, 0.29) is 5.92 Å². The zero-order valence-electron chi connectivity index (χ0n) is 11.6. The summed E-state index contributed by atoms with van der Waals surface area (Å²) >= 11 is 0. The molecule has 1 saturated carbocycles. The Kier molecular flexibility index (Phi) is 3.21. The molecule has 3 nitrogen and oxygen atoms in total. The van der Waals surface area contributed by atoms with E-state index in [0.29, 0.717) is 11.8 Å². The van der Waals surface area contributed by atoms with Gasteiger partial charge in [-0.2, -0.15) is 0 Å². The van der Waals surface area contributed by atoms with Gasteiger partial charge in [-0.15, -0.1) is 0 Å². The van der Waals surface area contributed by atoms with Gasteiger partial charge in [0.15, 0.2) is 0 Å². The van der Waals surface area contributed by atoms with Crippen LogP contribution < -0.4 is 10.6 Å². The zero-order valence-corrected chi connectivity index (χ0v) is 11.6. The molecule has 1 aliphatic carbocycles. The number of rotatable bonds is 1. The van der Waals surface area contributed by atoms with Gasteiger partial charge < -0.3 is 10.6 Å². The van der Waals surface area contributed by atoms with E-state index in [9.17, 15) is 4.79 Å². The highest BCUT2D eigenvalue weighted by Crippen LogP contribution is 2.37. The van der Waals surface area contributed by atoms with Crippen LogP contribution in [0, 0.1) is 11.8 Å². The first kappa shape index (κ1) is 12.5. The topological polar surface area (TPSA) is 46.3 Å². The third kappa shape index (κ3) is 2.11. The number of carbonyl (C=O) groups excluding carboxylic acids is 1. The van der Waals surface area contributed by atoms with Crippen molar-refractivity contribution in [3.8, 4) is 0 Å². The maximum absolute atomic E-state index is 12.8. The Hall–Kier alpha value is -1.51. The minimum atomic E-state index is 0.215. The molecule has 2 atom stereocenters. The number of hydrogen-bond donors (Lipinski definition) is 1. The number of nitrogen functional groups attached to an aromatic ring is 1. The molecular weight excluding hydrogens is 236 g/mol. The molecular formula is C16H22N2O. The van der Waals surface area contributed by atoms with Crippen LogP contribution in [0.2, 0.25) is 0 Å². The lowest BCUT2D eigenvalue weighted by atomic mass is 9.93. The van der Waals surface area contributed by atoms with Gasteiger partial charge in [0.25, 0.3) is 0 Å². The van der Waals surface area contributed by atoms with Crippen molar-refractivity contribution in [3.05, 3.63) is 23.8 Å². The van der Waals surface area contributed by atoms with Gasteiger partial charge in [-0.3, -0.25) is 4.79 Å². The SMILES string of the molecule is CC1CCCC1C(=O)N1CCCc2c(N)cccc21. The largest absolute Gasteiger partial charge is 0.398 e. The number of nitrogens with two attached hydrogens (primary N) is 1. The van der Waals surface area contributed by atoms with E-state index in [1.807, 2.05) is 23.1 Å². The van der Waals surface area contributed by atoms with E-state index < -0.39 is 0 Å². The molecule has 2 unspecified atom stereocenters. The average molecular weight is 258 g/mol. The van der Waals surface area contributed by atoms with Crippen LogP contribution in [0.5, 0.6) is 0 Å². The van der Waals surface area contributed by atoms with Gasteiger partial charge in [0.05, 0.1) is 0 Å². The first-order valence-corrected chi connectivity index (χ1v) is 7.37. The molecule has 3 rings (SSSR count). The Labute approximate surface area is 114 Å². The molecule has 2 N–H and O–H groups in total. The summed E-state index contributed by atoms with van der Waals surface area (Å²) in [5.41, 5.74) is 9.09. The Morgan fingerprint density at radius 1 is 1.32 bits per heavy atom. The molecule has 1 aromatic carbocycles. The number of amides is 1. The minimum absolute atomic E-state index is 0.215. The first-order chi connectivity index (χ1) is 9.18. The molecule has 19 heavy (non-hydrogen) atoms. The summed E-state index contributed by atoms with van der Waals surface area (Å²) in [5.74, 6) is 1.06. The van der Waals surface area contributed by atoms with Crippen molar-refractivity contribution in [2.75, 3.05) is 17.2 Å². The summed E-state index contributed by atoms with van der Waals surface area (Å²) < 4.78 is 0. The van der Waals surface area contributed by atoms with Crippen molar-refractivity contribution < 1.29 is 4.79 Å². The van der Waals surface area contributed by atoms with Crippen LogP contribution in [-0.4, -0.2) is 12.5 Å². The molecule has 1 heterocycles. The van der Waals surface area contributed by atoms with Crippen LogP contribution in [0.15, 0.2) is 18.2 Å². The van der Waals surface area contributed by atoms with E-state index in [1.54, 1.807) is 0 Å². The minimum Gasteiger partial charge on any atom is -0.398 e. The van der Waals surface area contributed by atoms with Crippen molar-refractivity contribution >= 4 is 17.3 Å². The van der Waals surface area contributed by atoms with Gasteiger partial charge in [-0.05, 0) is 49.3 Å². The molecule has 1 fully saturated rings. The fourth-order valence-electron chi connectivity index (χ4n) is 3.59. The highest BCUT2D eigenvalue weighted by molar-refractivity contribution is 5.97. The Balaban J connectivity index is 1.91. The molecule has 102 valence electrons. The number of benzene rings is 1. The summed E-state index contributed by atoms with van der Waals surface area (Å²) in [4.78, 5) is 14.8. The van der Waals surface area contributed by atoms with Crippen molar-refractivity contribution in [2.24, 2.45) is 11.8 Å². The predicted molar refractivity (Wildman–Crippen MR) is 78.0 cm³/mol. The van der Waals surface area contributed by atoms with E-state index in [0.717, 1.165) is 42.7 Å². The van der Waals surface area contributed by atoms with Crippen LogP contribution in [-0.2, 0) is 11.2 Å². The summed E-state index contributed by atoms with van der Waals surface area (Å²) in [6.07, 6.45) is 5.44. The fourth-order valence-corrected chi connectivity index (χ4v) is 3.59. The summed E-state index contributed by atoms with van der Waals surface area (Å²) in [6.45, 7) is 3.05. The van der Waals surface area contributed by atoms with Crippen molar-refractivity contribution in [1.82, 2.24) is 0 Å². The lowest BCUT2D eigenvalue weighted by molar-refractivity contribution is -0.123. The van der Waals surface area contributed by atoms with Crippen LogP contribution in [0.4, 0.5) is 11.4 Å². The van der Waals surface area contributed by atoms with Crippen LogP contribution in [0.3, 0.4) is 0 Å². The van der Waals surface area contributed by atoms with Crippen molar-refractivity contribution in [1.29, 1.82) is 0 Å². The summed E-state index contributed by atoms with van der Waals surface area (Å²) in [6, 6.07) is 5.94. The molecule has 1 aromatic rings. The monoisotopic (exact) mass is 258 g/mol. The number of fused-ring (bicyclic) bond motifs is 1. The first-order valence-electron chi connectivity index (χ1n) is 7.37. The molecule has 0 aromatic heterocycles. The third-order valence-electron chi connectivity index (χ3n) is 4.73. The molecule has 0 radical (unpaired) electrons. The predicted octanol–water partition coefficient (Wildman–Crippen LogP) is 2.98. The smallest absolute Gasteiger partial charge is 0.230 e. The van der Waals surface area contributed by atoms with Gasteiger partial charge in [0.2, 0.25) is 5.91 Å². The second kappa shape index (κ2) is 4.87. The maximum Gasteiger partial charge on any atom is 0.230 e. The normalized spacial score (nSPS) is 26.3. The third-order valence-corrected chi connectivity index (χ3v) is 4.73. The van der Waals surface area contributed by atoms with Crippen LogP contribution in [0.25, 0.3) is 0 Å². The van der Waals surface area contributed by atoms with E-state index in [4.69, 9.17) is 5.73 Å². The molecule has 0 spiro atoms. The molecule has 0 saturated heterocycles. The van der Waals surface area contributed by atoms with Gasteiger partial charge >= 0.3 is 0 Å². The van der Waals surface area contributed by atoms with Crippen molar-refractivity contribution in [2.45, 2.75) is 39.0 Å². The highest BCUT2D eigenvalue weighted by Gasteiger charge is 2.35. The maximum atomic E-state index is 12.8. The molecule has 0 bridgehead atoms. The van der Waals surface area contributed by atoms with Crippen molar-refractivity contribution in [3.63, 3.8) is 0 Å². The van der Waals surface area contributed by atoms with E-state index in [1.165, 1.54) is 12.8 Å². The number of hydrogen-bond acceptors (Lipinski definition) is 2. The number of carbonyl (C=O) groups is 1. The average Bonchev–Trinajstić information content (AvgIpc) is 2.84. The highest BCUT2D eigenvalue weighted by atomic mass is 16.2. The summed E-state index contributed by atoms with van der Waals surface area (Å²) in [7, 11) is 0. The Morgan fingerprint density at radius 2 is 2.16 bits per heavy atom. The van der Waals surface area contributed by atoms with Crippen LogP contribution in [0.1, 0.15) is 38.2 Å². The van der Waals surface area contributed by atoms with Gasteiger partial charge in [-0.1, -0.05) is 19.4 Å². The lowest BCUT2D eigenvalue weighted by Crippen LogP contribution is -2.40. The van der Waals surface area contributed by atoms with Gasteiger partial charge in [0, 0.05) is 23.8 Å². The molecule has 1 aliphatic heterocycles. The molecule has 1 amide bonds. The van der Waals surface area contributed by atoms with E-state index in [2.05, 4.69) is 6.92 Å². The lowest BCUT2D eigenvalue weighted by Gasteiger charge is -2.33. The zero-order chi connectivity index (χ0) is 13.4. The summed E-state index contributed by atoms with van der Waals surface area (Å²) in [5, 5.41) is 0. The number of nitrogens with zero attached hydrogens (tertiary/aromatic N) is 1. The quantitative estimate of drug-likeness (QED) is 0.787. The second-order valence-electron chi connectivity index (χ2n) is 5.95. The second-order valence-corrected chi connectivity index (χ2v) is 5.95.